The monoisotopic (exact) mass is 180 g/mol. The first-order chi connectivity index (χ1) is 6.25. The summed E-state index contributed by atoms with van der Waals surface area (Å²) in [5, 5.41) is 0. The van der Waals surface area contributed by atoms with Crippen LogP contribution in [-0.4, -0.2) is 9.97 Å². The molecule has 4 nitrogen and oxygen atoms in total. The van der Waals surface area contributed by atoms with Crippen molar-refractivity contribution >= 4 is 11.2 Å². The molecule has 70 valence electrons. The molecule has 0 aliphatic carbocycles. The Morgan fingerprint density at radius 3 is 2.77 bits per heavy atom. The highest BCUT2D eigenvalue weighted by molar-refractivity contribution is 5.67. The van der Waals surface area contributed by atoms with Crippen molar-refractivity contribution in [3.63, 3.8) is 0 Å². The van der Waals surface area contributed by atoms with Crippen LogP contribution in [0.3, 0.4) is 0 Å². The van der Waals surface area contributed by atoms with Crippen molar-refractivity contribution in [2.24, 2.45) is 0 Å². The van der Waals surface area contributed by atoms with Crippen LogP contribution in [0.5, 0.6) is 0 Å². The molecule has 4 heteroatoms. The Kier molecular flexibility index (Phi) is 2.84. The van der Waals surface area contributed by atoms with E-state index in [2.05, 4.69) is 9.97 Å². The van der Waals surface area contributed by atoms with Gasteiger partial charge in [-0.3, -0.25) is 4.98 Å². The van der Waals surface area contributed by atoms with Crippen LogP contribution in [0.15, 0.2) is 21.3 Å². The molecule has 0 saturated carbocycles. The molecule has 0 fully saturated rings. The fourth-order valence-corrected chi connectivity index (χ4v) is 0.929. The summed E-state index contributed by atoms with van der Waals surface area (Å²) in [4.78, 5) is 17.1. The zero-order valence-electron chi connectivity index (χ0n) is 7.92. The fraction of sp³-hybridized carbons (Fsp3) is 0.333. The second-order valence-corrected chi connectivity index (χ2v) is 2.32. The van der Waals surface area contributed by atoms with E-state index in [9.17, 15) is 4.79 Å². The molecule has 0 spiro atoms. The van der Waals surface area contributed by atoms with E-state index >= 15 is 0 Å². The van der Waals surface area contributed by atoms with E-state index in [0.29, 0.717) is 11.2 Å². The third kappa shape index (κ3) is 1.96. The molecule has 2 rings (SSSR count). The molecule has 13 heavy (non-hydrogen) atoms. The van der Waals surface area contributed by atoms with Crippen LogP contribution in [0.25, 0.3) is 11.2 Å². The van der Waals surface area contributed by atoms with Gasteiger partial charge < -0.3 is 4.42 Å². The minimum atomic E-state index is -0.460. The fourth-order valence-electron chi connectivity index (χ4n) is 0.929. The number of nitrogens with zero attached hydrogens (tertiary/aromatic N) is 1. The number of oxazole rings is 1. The number of aromatic nitrogens is 2. The van der Waals surface area contributed by atoms with Gasteiger partial charge in [0.1, 0.15) is 5.52 Å². The van der Waals surface area contributed by atoms with E-state index in [1.807, 2.05) is 26.8 Å². The van der Waals surface area contributed by atoms with E-state index in [1.54, 1.807) is 6.07 Å². The van der Waals surface area contributed by atoms with Crippen molar-refractivity contribution in [3.05, 3.63) is 28.4 Å². The summed E-state index contributed by atoms with van der Waals surface area (Å²) < 4.78 is 4.73. The lowest BCUT2D eigenvalue weighted by Crippen LogP contribution is -1.92. The number of hydrogen-bond acceptors (Lipinski definition) is 3. The number of rotatable bonds is 0. The minimum absolute atomic E-state index is 0.370. The van der Waals surface area contributed by atoms with Gasteiger partial charge >= 0.3 is 5.76 Å². The van der Waals surface area contributed by atoms with E-state index in [4.69, 9.17) is 4.42 Å². The van der Waals surface area contributed by atoms with E-state index in [1.165, 1.54) is 0 Å². The Balaban J connectivity index is 0.000000396. The second-order valence-electron chi connectivity index (χ2n) is 2.32. The minimum Gasteiger partial charge on any atom is -0.389 e. The summed E-state index contributed by atoms with van der Waals surface area (Å²) in [6, 6.07) is 3.58. The van der Waals surface area contributed by atoms with Gasteiger partial charge in [-0.15, -0.1) is 0 Å². The molecule has 2 heterocycles. The lowest BCUT2D eigenvalue weighted by atomic mass is 10.4. The number of fused-ring (bicyclic) bond motifs is 1. The maximum Gasteiger partial charge on any atom is 0.418 e. The van der Waals surface area contributed by atoms with Gasteiger partial charge in [0.2, 0.25) is 5.71 Å². The number of pyridine rings is 1. The molecule has 1 N–H and O–H groups in total. The normalized spacial score (nSPS) is 9.46. The molecule has 0 bridgehead atoms. The molecule has 2 aromatic rings. The zero-order valence-corrected chi connectivity index (χ0v) is 7.92. The number of aromatic amines is 1. The first-order valence-electron chi connectivity index (χ1n) is 4.22. The topological polar surface area (TPSA) is 58.9 Å². The molecule has 2 aromatic heterocycles. The first kappa shape index (κ1) is 9.51. The zero-order chi connectivity index (χ0) is 9.84. The van der Waals surface area contributed by atoms with E-state index in [-0.39, 0.29) is 0 Å². The molecule has 0 aliphatic heterocycles. The van der Waals surface area contributed by atoms with Crippen molar-refractivity contribution < 1.29 is 4.42 Å². The Hall–Kier alpha value is -1.58. The predicted molar refractivity (Wildman–Crippen MR) is 50.7 cm³/mol. The lowest BCUT2D eigenvalue weighted by molar-refractivity contribution is 0.545. The smallest absolute Gasteiger partial charge is 0.389 e. The Morgan fingerprint density at radius 1 is 1.38 bits per heavy atom. The maximum atomic E-state index is 10.6. The van der Waals surface area contributed by atoms with Crippen molar-refractivity contribution in [2.75, 3.05) is 0 Å². The quantitative estimate of drug-likeness (QED) is 0.673. The number of aryl methyl sites for hydroxylation is 1. The van der Waals surface area contributed by atoms with Gasteiger partial charge in [0.05, 0.1) is 0 Å². The maximum absolute atomic E-state index is 10.6. The number of hydrogen-bond donors (Lipinski definition) is 1. The summed E-state index contributed by atoms with van der Waals surface area (Å²) in [6.45, 7) is 5.84. The van der Waals surface area contributed by atoms with Crippen LogP contribution in [-0.2, 0) is 0 Å². The average Bonchev–Trinajstić information content (AvgIpc) is 2.48. The number of H-pyrrole nitrogens is 1. The van der Waals surface area contributed by atoms with E-state index < -0.39 is 5.76 Å². The molecule has 0 amide bonds. The van der Waals surface area contributed by atoms with Gasteiger partial charge in [-0.1, -0.05) is 13.8 Å². The standard InChI is InChI=1S/C7H6N2O2.C2H6/c1-4-2-3-5-6(8-4)11-7(10)9-5;1-2/h2-3H,1H3,(H,9,10);1-2H3. The summed E-state index contributed by atoms with van der Waals surface area (Å²) in [7, 11) is 0. The lowest BCUT2D eigenvalue weighted by Gasteiger charge is -1.87. The largest absolute Gasteiger partial charge is 0.418 e. The van der Waals surface area contributed by atoms with Gasteiger partial charge in [-0.2, -0.15) is 0 Å². The van der Waals surface area contributed by atoms with Crippen LogP contribution < -0.4 is 5.76 Å². The van der Waals surface area contributed by atoms with Crippen LogP contribution >= 0.6 is 0 Å². The summed E-state index contributed by atoms with van der Waals surface area (Å²) in [6.07, 6.45) is 0. The van der Waals surface area contributed by atoms with Crippen LogP contribution in [0.2, 0.25) is 0 Å². The molecule has 0 radical (unpaired) electrons. The Bertz CT molecular complexity index is 442. The molecule has 0 aromatic carbocycles. The third-order valence-electron chi connectivity index (χ3n) is 1.43. The second kappa shape index (κ2) is 3.89. The van der Waals surface area contributed by atoms with Crippen molar-refractivity contribution in [2.45, 2.75) is 20.8 Å². The van der Waals surface area contributed by atoms with Crippen LogP contribution in [0.1, 0.15) is 19.5 Å². The molecule has 0 unspecified atom stereocenters. The summed E-state index contributed by atoms with van der Waals surface area (Å²) in [5.41, 5.74) is 1.84. The summed E-state index contributed by atoms with van der Waals surface area (Å²) >= 11 is 0. The Morgan fingerprint density at radius 2 is 2.08 bits per heavy atom. The number of nitrogens with one attached hydrogen (secondary N) is 1. The van der Waals surface area contributed by atoms with Gasteiger partial charge in [0.25, 0.3) is 0 Å². The van der Waals surface area contributed by atoms with Gasteiger partial charge in [-0.05, 0) is 19.1 Å². The van der Waals surface area contributed by atoms with Crippen molar-refractivity contribution in [1.82, 2.24) is 9.97 Å². The third-order valence-corrected chi connectivity index (χ3v) is 1.43. The molecule has 0 saturated heterocycles. The van der Waals surface area contributed by atoms with E-state index in [0.717, 1.165) is 5.69 Å². The first-order valence-corrected chi connectivity index (χ1v) is 4.22. The van der Waals surface area contributed by atoms with Gasteiger partial charge in [0.15, 0.2) is 0 Å². The summed E-state index contributed by atoms with van der Waals surface area (Å²) in [5.74, 6) is -0.460. The molecular formula is C9H12N2O2. The van der Waals surface area contributed by atoms with Gasteiger partial charge in [0, 0.05) is 5.69 Å². The van der Waals surface area contributed by atoms with Crippen molar-refractivity contribution in [3.8, 4) is 0 Å². The SMILES string of the molecule is CC.Cc1ccc2[nH]c(=O)oc2n1. The van der Waals surface area contributed by atoms with Crippen molar-refractivity contribution in [1.29, 1.82) is 0 Å². The Labute approximate surface area is 75.6 Å². The molecule has 0 aliphatic rings. The highest BCUT2D eigenvalue weighted by atomic mass is 16.4. The average molecular weight is 180 g/mol. The van der Waals surface area contributed by atoms with Crippen LogP contribution in [0.4, 0.5) is 0 Å². The molecular weight excluding hydrogens is 168 g/mol. The van der Waals surface area contributed by atoms with Gasteiger partial charge in [-0.25, -0.2) is 9.78 Å². The van der Waals surface area contributed by atoms with Crippen LogP contribution in [0, 0.1) is 6.92 Å². The highest BCUT2D eigenvalue weighted by Gasteiger charge is 1.99. The predicted octanol–water partition coefficient (Wildman–Crippen LogP) is 1.85. The molecule has 0 atom stereocenters. The highest BCUT2D eigenvalue weighted by Crippen LogP contribution is 2.05.